The number of unbranched alkanes of at least 4 members (excludes halogenated alkanes) is 10. The Bertz CT molecular complexity index is 498. The van der Waals surface area contributed by atoms with Gasteiger partial charge in [-0.2, -0.15) is 0 Å². The summed E-state index contributed by atoms with van der Waals surface area (Å²) < 4.78 is 0. The van der Waals surface area contributed by atoms with Crippen LogP contribution in [0.25, 0.3) is 0 Å². The molecular formula is C25H40. The van der Waals surface area contributed by atoms with Crippen LogP contribution in [0.2, 0.25) is 0 Å². The van der Waals surface area contributed by atoms with Crippen LogP contribution in [-0.2, 0) is 0 Å². The maximum absolute atomic E-state index is 2.51. The quantitative estimate of drug-likeness (QED) is 0.278. The Balaban J connectivity index is 1.62. The Labute approximate surface area is 157 Å². The average Bonchev–Trinajstić information content (AvgIpc) is 3.03. The van der Waals surface area contributed by atoms with Gasteiger partial charge in [-0.15, -0.1) is 0 Å². The van der Waals surface area contributed by atoms with Crippen molar-refractivity contribution in [3.63, 3.8) is 0 Å². The molecule has 0 bridgehead atoms. The number of hydrogen-bond donors (Lipinski definition) is 0. The smallest absolute Gasteiger partial charge is 0.0126 e. The van der Waals surface area contributed by atoms with Crippen LogP contribution >= 0.6 is 0 Å². The van der Waals surface area contributed by atoms with Crippen molar-refractivity contribution in [3.8, 4) is 0 Å². The molecule has 0 heteroatoms. The van der Waals surface area contributed by atoms with Crippen LogP contribution < -0.4 is 0 Å². The Kier molecular flexibility index (Phi) is 10.0. The maximum Gasteiger partial charge on any atom is -0.0126 e. The van der Waals surface area contributed by atoms with Crippen molar-refractivity contribution in [3.05, 3.63) is 46.6 Å². The summed E-state index contributed by atoms with van der Waals surface area (Å²) in [6, 6.07) is 0. The SMILES string of the molecule is CCCCCCCCC1=CC2=CC=C(CCCCCCCC)C2=CC1. The standard InChI is InChI=1S/C25H40/c1-3-5-7-9-11-13-15-22-17-20-25-23(18-19-24(25)21-22)16-14-12-10-8-6-4-2/h18-21H,3-17H2,1-2H3. The van der Waals surface area contributed by atoms with Crippen molar-refractivity contribution in [2.75, 3.05) is 0 Å². The van der Waals surface area contributed by atoms with Gasteiger partial charge < -0.3 is 0 Å². The predicted molar refractivity (Wildman–Crippen MR) is 113 cm³/mol. The topological polar surface area (TPSA) is 0 Å². The van der Waals surface area contributed by atoms with Crippen LogP contribution in [0.4, 0.5) is 0 Å². The van der Waals surface area contributed by atoms with E-state index in [9.17, 15) is 0 Å². The highest BCUT2D eigenvalue weighted by Crippen LogP contribution is 2.36. The van der Waals surface area contributed by atoms with Crippen molar-refractivity contribution < 1.29 is 0 Å². The van der Waals surface area contributed by atoms with Gasteiger partial charge in [-0.25, -0.2) is 0 Å². The lowest BCUT2D eigenvalue weighted by Crippen LogP contribution is -1.97. The van der Waals surface area contributed by atoms with Crippen molar-refractivity contribution in [1.29, 1.82) is 0 Å². The van der Waals surface area contributed by atoms with E-state index in [2.05, 4.69) is 38.2 Å². The van der Waals surface area contributed by atoms with E-state index < -0.39 is 0 Å². The van der Waals surface area contributed by atoms with E-state index in [1.807, 2.05) is 0 Å². The van der Waals surface area contributed by atoms with Gasteiger partial charge in [0.1, 0.15) is 0 Å². The predicted octanol–water partition coefficient (Wildman–Crippen LogP) is 8.61. The van der Waals surface area contributed by atoms with Gasteiger partial charge in [0.05, 0.1) is 0 Å². The fraction of sp³-hybridized carbons (Fsp3) is 0.680. The fourth-order valence-corrected chi connectivity index (χ4v) is 4.06. The lowest BCUT2D eigenvalue weighted by atomic mass is 9.89. The highest BCUT2D eigenvalue weighted by molar-refractivity contribution is 5.62. The van der Waals surface area contributed by atoms with Crippen molar-refractivity contribution in [1.82, 2.24) is 0 Å². The van der Waals surface area contributed by atoms with Gasteiger partial charge in [-0.1, -0.05) is 108 Å². The maximum atomic E-state index is 2.51. The second-order valence-corrected chi connectivity index (χ2v) is 7.97. The van der Waals surface area contributed by atoms with Crippen LogP contribution in [0, 0.1) is 0 Å². The summed E-state index contributed by atoms with van der Waals surface area (Å²) in [6.45, 7) is 4.58. The molecule has 0 N–H and O–H groups in total. The van der Waals surface area contributed by atoms with Crippen LogP contribution in [0.3, 0.4) is 0 Å². The van der Waals surface area contributed by atoms with Gasteiger partial charge in [0, 0.05) is 0 Å². The van der Waals surface area contributed by atoms with E-state index in [-0.39, 0.29) is 0 Å². The van der Waals surface area contributed by atoms with Gasteiger partial charge in [-0.3, -0.25) is 0 Å². The van der Waals surface area contributed by atoms with Gasteiger partial charge >= 0.3 is 0 Å². The van der Waals surface area contributed by atoms with Gasteiger partial charge in [0.25, 0.3) is 0 Å². The monoisotopic (exact) mass is 340 g/mol. The molecule has 0 heterocycles. The van der Waals surface area contributed by atoms with Gasteiger partial charge in [0.15, 0.2) is 0 Å². The molecule has 0 amide bonds. The Morgan fingerprint density at radius 3 is 1.96 bits per heavy atom. The third kappa shape index (κ3) is 7.38. The zero-order valence-electron chi connectivity index (χ0n) is 16.9. The molecule has 0 unspecified atom stereocenters. The molecular weight excluding hydrogens is 300 g/mol. The van der Waals surface area contributed by atoms with Crippen LogP contribution in [0.1, 0.15) is 110 Å². The van der Waals surface area contributed by atoms with Gasteiger partial charge in [0.2, 0.25) is 0 Å². The van der Waals surface area contributed by atoms with Crippen molar-refractivity contribution in [2.45, 2.75) is 110 Å². The molecule has 25 heavy (non-hydrogen) atoms. The Morgan fingerprint density at radius 2 is 1.28 bits per heavy atom. The Hall–Kier alpha value is -1.04. The van der Waals surface area contributed by atoms with E-state index in [1.165, 1.54) is 102 Å². The molecule has 0 aromatic carbocycles. The molecule has 0 aliphatic heterocycles. The van der Waals surface area contributed by atoms with E-state index in [4.69, 9.17) is 0 Å². The first-order chi connectivity index (χ1) is 12.3. The van der Waals surface area contributed by atoms with Crippen LogP contribution in [0.15, 0.2) is 46.6 Å². The molecule has 2 rings (SSSR count). The molecule has 0 radical (unpaired) electrons. The average molecular weight is 341 g/mol. The molecule has 0 saturated carbocycles. The first-order valence-electron chi connectivity index (χ1n) is 11.2. The van der Waals surface area contributed by atoms with E-state index in [0.29, 0.717) is 0 Å². The zero-order chi connectivity index (χ0) is 17.7. The zero-order valence-corrected chi connectivity index (χ0v) is 16.9. The minimum atomic E-state index is 1.19. The molecule has 2 aliphatic rings. The van der Waals surface area contributed by atoms with E-state index in [1.54, 1.807) is 16.7 Å². The van der Waals surface area contributed by atoms with E-state index >= 15 is 0 Å². The highest BCUT2D eigenvalue weighted by atomic mass is 14.2. The van der Waals surface area contributed by atoms with Crippen LogP contribution in [-0.4, -0.2) is 0 Å². The summed E-state index contributed by atoms with van der Waals surface area (Å²) in [5, 5.41) is 0. The summed E-state index contributed by atoms with van der Waals surface area (Å²) in [6.07, 6.45) is 30.3. The third-order valence-corrected chi connectivity index (χ3v) is 5.70. The molecule has 0 aromatic heterocycles. The third-order valence-electron chi connectivity index (χ3n) is 5.70. The second kappa shape index (κ2) is 12.3. The molecule has 0 aromatic rings. The van der Waals surface area contributed by atoms with Crippen molar-refractivity contribution in [2.24, 2.45) is 0 Å². The number of hydrogen-bond acceptors (Lipinski definition) is 0. The summed E-state index contributed by atoms with van der Waals surface area (Å²) in [4.78, 5) is 0. The second-order valence-electron chi connectivity index (χ2n) is 7.97. The summed E-state index contributed by atoms with van der Waals surface area (Å²) in [7, 11) is 0. The minimum absolute atomic E-state index is 1.19. The van der Waals surface area contributed by atoms with E-state index in [0.717, 1.165) is 0 Å². The molecule has 0 saturated heterocycles. The lowest BCUT2D eigenvalue weighted by molar-refractivity contribution is 0.604. The lowest BCUT2D eigenvalue weighted by Gasteiger charge is -2.16. The highest BCUT2D eigenvalue weighted by Gasteiger charge is 2.17. The van der Waals surface area contributed by atoms with Crippen molar-refractivity contribution >= 4 is 0 Å². The molecule has 140 valence electrons. The summed E-state index contributed by atoms with van der Waals surface area (Å²) in [5.41, 5.74) is 6.30. The number of allylic oxidation sites excluding steroid dienone is 8. The fourth-order valence-electron chi connectivity index (χ4n) is 4.06. The normalized spacial score (nSPS) is 16.2. The largest absolute Gasteiger partial charge is 0.0723 e. The first kappa shape index (κ1) is 20.3. The molecule has 0 atom stereocenters. The minimum Gasteiger partial charge on any atom is -0.0723 e. The molecule has 0 spiro atoms. The molecule has 0 fully saturated rings. The van der Waals surface area contributed by atoms with Gasteiger partial charge in [-0.05, 0) is 48.8 Å². The first-order valence-corrected chi connectivity index (χ1v) is 11.2. The molecule has 0 nitrogen and oxygen atoms in total. The number of fused-ring (bicyclic) bond motifs is 1. The number of rotatable bonds is 14. The molecule has 2 aliphatic carbocycles. The summed E-state index contributed by atoms with van der Waals surface area (Å²) in [5.74, 6) is 0. The Morgan fingerprint density at radius 1 is 0.680 bits per heavy atom. The van der Waals surface area contributed by atoms with Crippen LogP contribution in [0.5, 0.6) is 0 Å². The summed E-state index contributed by atoms with van der Waals surface area (Å²) >= 11 is 0.